The number of amides is 2. The molecule has 1 aromatic heterocycles. The van der Waals surface area contributed by atoms with Crippen molar-refractivity contribution >= 4 is 27.8 Å². The highest BCUT2D eigenvalue weighted by molar-refractivity contribution is 9.10. The van der Waals surface area contributed by atoms with Crippen molar-refractivity contribution in [1.82, 2.24) is 9.88 Å². The van der Waals surface area contributed by atoms with Crippen LogP contribution in [0.1, 0.15) is 17.3 Å². The first-order valence-electron chi connectivity index (χ1n) is 6.45. The number of aromatic nitrogens is 1. The van der Waals surface area contributed by atoms with E-state index in [2.05, 4.69) is 25.9 Å². The number of hydrogen-bond donors (Lipinski definition) is 1. The van der Waals surface area contributed by atoms with Crippen LogP contribution in [0, 0.1) is 0 Å². The summed E-state index contributed by atoms with van der Waals surface area (Å²) in [7, 11) is 0. The van der Waals surface area contributed by atoms with Crippen molar-refractivity contribution in [3.05, 3.63) is 64.4 Å². The molecule has 2 N–H and O–H groups in total. The lowest BCUT2D eigenvalue weighted by molar-refractivity contribution is 0.203. The maximum absolute atomic E-state index is 12.1. The molecule has 0 bridgehead atoms. The molecule has 0 radical (unpaired) electrons. The Morgan fingerprint density at radius 1 is 1.19 bits per heavy atom. The first-order chi connectivity index (χ1) is 10.1. The summed E-state index contributed by atoms with van der Waals surface area (Å²) in [6.45, 7) is 0.451. The highest BCUT2D eigenvalue weighted by Crippen LogP contribution is 2.27. The zero-order valence-corrected chi connectivity index (χ0v) is 12.7. The van der Waals surface area contributed by atoms with Crippen LogP contribution in [0.5, 0.6) is 0 Å². The molecule has 106 valence electrons. The van der Waals surface area contributed by atoms with Gasteiger partial charge in [-0.3, -0.25) is 4.98 Å². The van der Waals surface area contributed by atoms with Crippen LogP contribution >= 0.6 is 15.9 Å². The van der Waals surface area contributed by atoms with E-state index in [1.807, 2.05) is 42.5 Å². The van der Waals surface area contributed by atoms with E-state index in [1.54, 1.807) is 11.1 Å². The second kappa shape index (κ2) is 5.65. The molecule has 2 aromatic rings. The normalized spacial score (nSPS) is 18.0. The zero-order chi connectivity index (χ0) is 14.8. The van der Waals surface area contributed by atoms with Crippen LogP contribution in [0.25, 0.3) is 0 Å². The number of nitrogens with zero attached hydrogens (tertiary/aromatic N) is 3. The molecule has 3 rings (SSSR count). The summed E-state index contributed by atoms with van der Waals surface area (Å²) in [4.78, 5) is 21.9. The molecule has 0 fully saturated rings. The molecule has 0 aliphatic carbocycles. The van der Waals surface area contributed by atoms with Gasteiger partial charge in [0.2, 0.25) is 0 Å². The van der Waals surface area contributed by atoms with Gasteiger partial charge in [-0.25, -0.2) is 4.79 Å². The molecule has 1 aliphatic rings. The predicted octanol–water partition coefficient (Wildman–Crippen LogP) is 2.88. The fourth-order valence-corrected chi connectivity index (χ4v) is 2.54. The van der Waals surface area contributed by atoms with Gasteiger partial charge in [0.1, 0.15) is 11.9 Å². The molecule has 1 atom stereocenters. The van der Waals surface area contributed by atoms with E-state index < -0.39 is 6.04 Å². The number of hydrogen-bond acceptors (Lipinski definition) is 3. The van der Waals surface area contributed by atoms with Crippen LogP contribution in [-0.4, -0.2) is 21.8 Å². The molecule has 0 saturated carbocycles. The number of nitrogens with two attached hydrogens (primary N) is 1. The van der Waals surface area contributed by atoms with Crippen molar-refractivity contribution in [2.75, 3.05) is 0 Å². The minimum atomic E-state index is -0.411. The third-order valence-corrected chi connectivity index (χ3v) is 3.76. The van der Waals surface area contributed by atoms with E-state index in [0.29, 0.717) is 12.2 Å². The van der Waals surface area contributed by atoms with E-state index in [4.69, 9.17) is 5.73 Å². The van der Waals surface area contributed by atoms with Gasteiger partial charge in [0.15, 0.2) is 0 Å². The highest BCUT2D eigenvalue weighted by Gasteiger charge is 2.35. The molecular weight excluding hydrogens is 332 g/mol. The lowest BCUT2D eigenvalue weighted by atomic mass is 10.1. The number of pyridine rings is 1. The molecule has 0 saturated heterocycles. The van der Waals surface area contributed by atoms with Crippen molar-refractivity contribution in [2.45, 2.75) is 12.6 Å². The molecule has 21 heavy (non-hydrogen) atoms. The van der Waals surface area contributed by atoms with Crippen molar-refractivity contribution in [1.29, 1.82) is 0 Å². The van der Waals surface area contributed by atoms with E-state index in [-0.39, 0.29) is 11.9 Å². The number of benzene rings is 1. The van der Waals surface area contributed by atoms with Crippen molar-refractivity contribution < 1.29 is 4.79 Å². The Morgan fingerprint density at radius 2 is 1.95 bits per heavy atom. The molecular formula is C15H13BrN4O. The number of rotatable bonds is 3. The molecule has 0 spiro atoms. The van der Waals surface area contributed by atoms with Gasteiger partial charge in [-0.15, -0.1) is 0 Å². The molecule has 1 aliphatic heterocycles. The van der Waals surface area contributed by atoms with E-state index in [1.165, 1.54) is 0 Å². The summed E-state index contributed by atoms with van der Waals surface area (Å²) in [5.41, 5.74) is 7.65. The minimum absolute atomic E-state index is 0.283. The number of aliphatic imine (C=N–C) groups is 1. The summed E-state index contributed by atoms with van der Waals surface area (Å²) in [5.74, 6) is 0.283. The molecule has 2 amide bonds. The minimum Gasteiger partial charge on any atom is -0.385 e. The Morgan fingerprint density at radius 3 is 2.62 bits per heavy atom. The Hall–Kier alpha value is -2.21. The summed E-state index contributed by atoms with van der Waals surface area (Å²) in [6.07, 6.45) is 1.69. The van der Waals surface area contributed by atoms with Crippen LogP contribution in [-0.2, 0) is 6.54 Å². The van der Waals surface area contributed by atoms with Gasteiger partial charge < -0.3 is 10.6 Å². The highest BCUT2D eigenvalue weighted by atomic mass is 79.9. The van der Waals surface area contributed by atoms with Gasteiger partial charge >= 0.3 is 6.03 Å². The Labute approximate surface area is 130 Å². The van der Waals surface area contributed by atoms with Crippen molar-refractivity contribution in [3.8, 4) is 0 Å². The summed E-state index contributed by atoms with van der Waals surface area (Å²) in [5, 5.41) is 0. The topological polar surface area (TPSA) is 71.6 Å². The molecule has 5 nitrogen and oxygen atoms in total. The summed E-state index contributed by atoms with van der Waals surface area (Å²) >= 11 is 3.35. The molecule has 1 unspecified atom stereocenters. The van der Waals surface area contributed by atoms with Gasteiger partial charge in [0.05, 0.1) is 5.69 Å². The van der Waals surface area contributed by atoms with Crippen LogP contribution < -0.4 is 5.73 Å². The van der Waals surface area contributed by atoms with Gasteiger partial charge in [0.25, 0.3) is 0 Å². The monoisotopic (exact) mass is 344 g/mol. The quantitative estimate of drug-likeness (QED) is 0.930. The van der Waals surface area contributed by atoms with Crippen molar-refractivity contribution in [2.24, 2.45) is 10.7 Å². The number of halogens is 1. The smallest absolute Gasteiger partial charge is 0.346 e. The first kappa shape index (κ1) is 13.8. The summed E-state index contributed by atoms with van der Waals surface area (Å²) < 4.78 is 0.876. The lowest BCUT2D eigenvalue weighted by Gasteiger charge is -2.23. The fourth-order valence-electron chi connectivity index (χ4n) is 2.31. The van der Waals surface area contributed by atoms with E-state index in [0.717, 1.165) is 10.0 Å². The van der Waals surface area contributed by atoms with Crippen LogP contribution in [0.3, 0.4) is 0 Å². The van der Waals surface area contributed by atoms with E-state index >= 15 is 0 Å². The lowest BCUT2D eigenvalue weighted by Crippen LogP contribution is -2.33. The van der Waals surface area contributed by atoms with Gasteiger partial charge in [-0.05, 0) is 33.6 Å². The first-order valence-corrected chi connectivity index (χ1v) is 7.24. The van der Waals surface area contributed by atoms with Gasteiger partial charge in [-0.1, -0.05) is 30.3 Å². The average molecular weight is 345 g/mol. The Kier molecular flexibility index (Phi) is 3.70. The van der Waals surface area contributed by atoms with Crippen molar-refractivity contribution in [3.63, 3.8) is 0 Å². The van der Waals surface area contributed by atoms with Crippen LogP contribution in [0.15, 0.2) is 58.1 Å². The van der Waals surface area contributed by atoms with Crippen LogP contribution in [0.2, 0.25) is 0 Å². The SMILES string of the molecule is NC1=NC(=O)N(Cc2ccccc2)C1c1ccc(Br)cn1. The van der Waals surface area contributed by atoms with Crippen LogP contribution in [0.4, 0.5) is 4.79 Å². The maximum Gasteiger partial charge on any atom is 0.346 e. The Bertz CT molecular complexity index is 685. The molecule has 2 heterocycles. The molecule has 1 aromatic carbocycles. The second-order valence-electron chi connectivity index (χ2n) is 4.74. The maximum atomic E-state index is 12.1. The van der Waals surface area contributed by atoms with Gasteiger partial charge in [0, 0.05) is 17.2 Å². The number of carbonyl (C=O) groups excluding carboxylic acids is 1. The number of amidine groups is 1. The fraction of sp³-hybridized carbons (Fsp3) is 0.133. The number of carbonyl (C=O) groups is 1. The third kappa shape index (κ3) is 2.80. The zero-order valence-electron chi connectivity index (χ0n) is 11.1. The number of urea groups is 1. The average Bonchev–Trinajstić information content (AvgIpc) is 2.76. The second-order valence-corrected chi connectivity index (χ2v) is 5.65. The van der Waals surface area contributed by atoms with E-state index in [9.17, 15) is 4.79 Å². The van der Waals surface area contributed by atoms with Gasteiger partial charge in [-0.2, -0.15) is 4.99 Å². The Balaban J connectivity index is 1.91. The standard InChI is InChI=1S/C15H13BrN4O/c16-11-6-7-12(18-8-11)13-14(17)19-15(21)20(13)9-10-4-2-1-3-5-10/h1-8,13H,9H2,(H2,17,19,21). The third-order valence-electron chi connectivity index (χ3n) is 3.29. The largest absolute Gasteiger partial charge is 0.385 e. The summed E-state index contributed by atoms with van der Waals surface area (Å²) in [6, 6.07) is 12.7. The predicted molar refractivity (Wildman–Crippen MR) is 83.7 cm³/mol. The molecule has 6 heteroatoms.